The minimum Gasteiger partial charge on any atom is -0.493 e. The van der Waals surface area contributed by atoms with Gasteiger partial charge in [-0.2, -0.15) is 0 Å². The number of nitrogens with zero attached hydrogens (tertiary/aromatic N) is 1. The number of hydrogen-bond acceptors (Lipinski definition) is 6. The maximum absolute atomic E-state index is 14.0. The van der Waals surface area contributed by atoms with Gasteiger partial charge in [0.2, 0.25) is 0 Å². The van der Waals surface area contributed by atoms with Crippen molar-refractivity contribution < 1.29 is 60.1 Å². The van der Waals surface area contributed by atoms with E-state index in [1.54, 1.807) is 0 Å². The number of ether oxygens (including phenoxy) is 3. The van der Waals surface area contributed by atoms with E-state index in [0.717, 1.165) is 7.11 Å². The summed E-state index contributed by atoms with van der Waals surface area (Å²) in [6.07, 6.45) is -17.8. The van der Waals surface area contributed by atoms with Crippen LogP contribution in [0.5, 0.6) is 11.5 Å². The third kappa shape index (κ3) is 4.75. The van der Waals surface area contributed by atoms with Crippen molar-refractivity contribution >= 4 is 5.97 Å². The summed E-state index contributed by atoms with van der Waals surface area (Å²) in [7, 11) is -2.58. The molecule has 0 radical (unpaired) electrons. The number of carbonyl (C=O) groups is 1. The molecule has 3 rings (SSSR count). The molecule has 2 N–H and O–H groups in total. The van der Waals surface area contributed by atoms with E-state index in [9.17, 15) is 13.0 Å². The third-order valence-electron chi connectivity index (χ3n) is 3.93. The second-order valence-corrected chi connectivity index (χ2v) is 5.82. The predicted octanol–water partition coefficient (Wildman–Crippen LogP) is 3.56. The molecular formula is C24H38N2O4. The highest BCUT2D eigenvalue weighted by Crippen LogP contribution is 2.44. The molecule has 4 atom stereocenters. The Morgan fingerprint density at radius 3 is 2.90 bits per heavy atom. The fourth-order valence-electron chi connectivity index (χ4n) is 2.58. The molecule has 1 saturated heterocycles. The van der Waals surface area contributed by atoms with Gasteiger partial charge in [-0.3, -0.25) is 9.69 Å². The molecule has 0 spiro atoms. The topological polar surface area (TPSA) is 74.0 Å². The first-order valence-corrected chi connectivity index (χ1v) is 8.11. The first-order valence-electron chi connectivity index (χ1n) is 23.1. The number of hydrogen-bond donors (Lipinski definition) is 1. The molecule has 0 saturated carbocycles. The normalized spacial score (nSPS) is 55.6. The van der Waals surface area contributed by atoms with E-state index in [2.05, 4.69) is 0 Å². The number of rotatable bonds is 7. The largest absolute Gasteiger partial charge is 0.493 e. The quantitative estimate of drug-likeness (QED) is 0.643. The number of piperidine rings is 1. The van der Waals surface area contributed by atoms with Crippen molar-refractivity contribution in [3.8, 4) is 11.5 Å². The van der Waals surface area contributed by atoms with E-state index < -0.39 is 136 Å². The number of carbonyl (C=O) groups excluding carboxylic acids is 1. The smallest absolute Gasteiger partial charge is 0.323 e. The van der Waals surface area contributed by atoms with Crippen molar-refractivity contribution in [1.29, 1.82) is 0 Å². The minimum atomic E-state index is -5.15. The lowest BCUT2D eigenvalue weighted by Gasteiger charge is -2.47. The Hall–Kier alpha value is -1.79. The highest BCUT2D eigenvalue weighted by atomic mass is 16.5. The Morgan fingerprint density at radius 1 is 1.40 bits per heavy atom. The molecule has 6 nitrogen and oxygen atoms in total. The zero-order valence-corrected chi connectivity index (χ0v) is 15.4. The van der Waals surface area contributed by atoms with E-state index in [1.165, 1.54) is 0 Å². The molecular weight excluding hydrogens is 380 g/mol. The second kappa shape index (κ2) is 9.56. The van der Waals surface area contributed by atoms with Crippen LogP contribution in [0.2, 0.25) is 0 Å². The molecule has 30 heavy (non-hydrogen) atoms. The summed E-state index contributed by atoms with van der Waals surface area (Å²) in [6, 6.07) is -8.05. The summed E-state index contributed by atoms with van der Waals surface area (Å²) in [5.74, 6) is -19.3. The van der Waals surface area contributed by atoms with Crippen LogP contribution in [-0.4, -0.2) is 50.1 Å². The molecule has 1 fully saturated rings. The Kier molecular flexibility index (Phi) is 1.84. The van der Waals surface area contributed by atoms with Gasteiger partial charge in [0.05, 0.1) is 21.0 Å². The zero-order chi connectivity index (χ0) is 48.1. The summed E-state index contributed by atoms with van der Waals surface area (Å²) in [5, 5.41) is 0. The third-order valence-corrected chi connectivity index (χ3v) is 3.93. The summed E-state index contributed by atoms with van der Waals surface area (Å²) in [4.78, 5) is 13.2. The monoisotopic (exact) mass is 448 g/mol. The van der Waals surface area contributed by atoms with Gasteiger partial charge < -0.3 is 19.9 Å². The number of benzene rings is 1. The molecule has 168 valence electrons. The van der Waals surface area contributed by atoms with Gasteiger partial charge in [0, 0.05) is 65.5 Å². The summed E-state index contributed by atoms with van der Waals surface area (Å²) < 4.78 is 266. The molecule has 1 aromatic carbocycles. The van der Waals surface area contributed by atoms with Crippen LogP contribution in [0.3, 0.4) is 0 Å². The molecule has 2 aliphatic rings. The van der Waals surface area contributed by atoms with Gasteiger partial charge in [-0.15, -0.1) is 0 Å². The maximum atomic E-state index is 14.0. The molecule has 2 heterocycles. The second-order valence-electron chi connectivity index (χ2n) is 5.82. The van der Waals surface area contributed by atoms with Gasteiger partial charge in [0.25, 0.3) is 0 Å². The van der Waals surface area contributed by atoms with Crippen LogP contribution < -0.4 is 15.2 Å². The summed E-state index contributed by atoms with van der Waals surface area (Å²) in [6.45, 7) is -27.0. The molecule has 0 amide bonds. The highest BCUT2D eigenvalue weighted by molar-refractivity contribution is 5.76. The Morgan fingerprint density at radius 2 is 2.20 bits per heavy atom. The van der Waals surface area contributed by atoms with Crippen LogP contribution in [0.25, 0.3) is 0 Å². The average Bonchev–Trinajstić information content (AvgIpc) is 3.00. The van der Waals surface area contributed by atoms with Gasteiger partial charge in [0.1, 0.15) is 12.1 Å². The number of aryl methyl sites for hydroxylation is 1. The van der Waals surface area contributed by atoms with Gasteiger partial charge in [0.15, 0.2) is 11.5 Å². The van der Waals surface area contributed by atoms with Crippen LogP contribution in [-0.2, 0) is 15.9 Å². The van der Waals surface area contributed by atoms with Crippen LogP contribution in [0.1, 0.15) is 98.4 Å². The Balaban J connectivity index is 2.78. The lowest BCUT2D eigenvalue weighted by Crippen LogP contribution is -2.51. The van der Waals surface area contributed by atoms with Crippen molar-refractivity contribution in [3.05, 3.63) is 23.3 Å². The van der Waals surface area contributed by atoms with Crippen LogP contribution in [0.4, 0.5) is 0 Å². The SMILES string of the molecule is [2H]C([2H])([2H])Oc1cc2c(cc1OC)C([2H])([2H])C([2H])([2H])N1C([2H])([2H])C([2H])(C([2H])([2H])C([2H])(C([2H])([2H])[2H])C([2H])([2H])[2H])C(OC(=O)[C@@]([2H])(N)C([2H])(C([2H])([2H])[2H])C([2H])([2H])[2H])C([2H])([2H])C21[2H]. The summed E-state index contributed by atoms with van der Waals surface area (Å²) in [5.41, 5.74) is 3.01. The lowest BCUT2D eigenvalue weighted by atomic mass is 9.79. The minimum absolute atomic E-state index is 0.307. The molecule has 2 aliphatic heterocycles. The summed E-state index contributed by atoms with van der Waals surface area (Å²) >= 11 is 0. The van der Waals surface area contributed by atoms with Crippen molar-refractivity contribution in [2.24, 2.45) is 23.4 Å². The van der Waals surface area contributed by atoms with Gasteiger partial charge >= 0.3 is 5.97 Å². The van der Waals surface area contributed by atoms with Crippen molar-refractivity contribution in [2.75, 3.05) is 27.1 Å². The number of fused-ring (bicyclic) bond motifs is 3. The van der Waals surface area contributed by atoms with E-state index in [0.29, 0.717) is 12.1 Å². The van der Waals surface area contributed by atoms with E-state index in [-0.39, 0.29) is 0 Å². The fraction of sp³-hybridized carbons (Fsp3) is 0.708. The standard InChI is InChI=1S/C24H38N2O4/c1-14(2)9-17-13-26-8-7-16-10-21(28-5)22(29-6)11-18(16)19(26)12-20(17)30-24(27)23(25)15(3)4/h10-11,14-15,17,19-20,23H,7-9,12-13,25H2,1-6H3/t17?,19?,20?,23-/m0/s1/i1D3,2D3,3D3,4D3,6D3,7D2,8D2,9D2,12D2,13D2,14D,15D,17D,19D,23D. The van der Waals surface area contributed by atoms with Crippen LogP contribution in [0.15, 0.2) is 12.1 Å². The fourth-order valence-corrected chi connectivity index (χ4v) is 2.58. The average molecular weight is 449 g/mol. The molecule has 0 aromatic heterocycles. The number of esters is 1. The van der Waals surface area contributed by atoms with E-state index in [4.69, 9.17) is 52.8 Å². The molecule has 1 aromatic rings. The zero-order valence-electron chi connectivity index (χ0n) is 45.4. The predicted molar refractivity (Wildman–Crippen MR) is 118 cm³/mol. The van der Waals surface area contributed by atoms with Crippen LogP contribution in [0, 0.1) is 17.7 Å². The molecule has 0 bridgehead atoms. The first-order chi connectivity index (χ1) is 25.9. The van der Waals surface area contributed by atoms with E-state index >= 15 is 0 Å². The highest BCUT2D eigenvalue weighted by Gasteiger charge is 2.41. The molecule has 3 unspecified atom stereocenters. The van der Waals surface area contributed by atoms with Gasteiger partial charge in [-0.05, 0) is 47.8 Å². The Labute approximate surface area is 223 Å². The van der Waals surface area contributed by atoms with Crippen LogP contribution >= 0.6 is 0 Å². The Bertz CT molecular complexity index is 1830. The maximum Gasteiger partial charge on any atom is 0.323 e. The lowest BCUT2D eigenvalue weighted by molar-refractivity contribution is -0.160. The van der Waals surface area contributed by atoms with Crippen molar-refractivity contribution in [1.82, 2.24) is 4.90 Å². The van der Waals surface area contributed by atoms with Crippen molar-refractivity contribution in [3.63, 3.8) is 0 Å². The van der Waals surface area contributed by atoms with Crippen molar-refractivity contribution in [2.45, 2.75) is 64.7 Å². The van der Waals surface area contributed by atoms with Gasteiger partial charge in [-0.1, -0.05) is 27.4 Å². The molecule has 6 heteroatoms. The van der Waals surface area contributed by atoms with E-state index in [1.807, 2.05) is 0 Å². The first kappa shape index (κ1) is 5.76. The number of nitrogens with two attached hydrogens (primary N) is 1. The van der Waals surface area contributed by atoms with Gasteiger partial charge in [-0.25, -0.2) is 0 Å². The molecule has 0 aliphatic carbocycles. The number of methoxy groups -OCH3 is 2.